The number of hydrogen-bond donors (Lipinski definition) is 3. The van der Waals surface area contributed by atoms with Crippen molar-refractivity contribution >= 4 is 28.9 Å². The van der Waals surface area contributed by atoms with E-state index in [1.807, 2.05) is 54.6 Å². The molecule has 0 aliphatic rings. The van der Waals surface area contributed by atoms with Crippen LogP contribution in [0.3, 0.4) is 0 Å². The van der Waals surface area contributed by atoms with Crippen molar-refractivity contribution in [1.82, 2.24) is 0 Å². The van der Waals surface area contributed by atoms with Crippen LogP contribution in [0, 0.1) is 0 Å². The number of amides is 2. The van der Waals surface area contributed by atoms with E-state index in [1.165, 1.54) is 6.92 Å². The summed E-state index contributed by atoms with van der Waals surface area (Å²) in [5.74, 6) is 0.223. The highest BCUT2D eigenvalue weighted by Crippen LogP contribution is 2.27. The number of carbonyl (C=O) groups is 2. The molecule has 0 fully saturated rings. The smallest absolute Gasteiger partial charge is 0.243 e. The number of rotatable bonds is 7. The van der Waals surface area contributed by atoms with Crippen LogP contribution in [0.25, 0.3) is 11.1 Å². The summed E-state index contributed by atoms with van der Waals surface area (Å²) >= 11 is 0. The minimum atomic E-state index is -0.190. The van der Waals surface area contributed by atoms with E-state index in [0.717, 1.165) is 16.8 Å². The van der Waals surface area contributed by atoms with Gasteiger partial charge >= 0.3 is 0 Å². The Labute approximate surface area is 169 Å². The van der Waals surface area contributed by atoms with Gasteiger partial charge in [0.15, 0.2) is 0 Å². The predicted molar refractivity (Wildman–Crippen MR) is 116 cm³/mol. The Morgan fingerprint density at radius 3 is 2.14 bits per heavy atom. The average Bonchev–Trinajstić information content (AvgIpc) is 2.73. The number of anilines is 3. The molecule has 0 aromatic heterocycles. The van der Waals surface area contributed by atoms with Gasteiger partial charge in [-0.25, -0.2) is 0 Å². The predicted octanol–water partition coefficient (Wildman–Crippen LogP) is 4.37. The molecule has 148 valence electrons. The number of ether oxygens (including phenoxy) is 1. The summed E-state index contributed by atoms with van der Waals surface area (Å²) in [6.45, 7) is 1.49. The van der Waals surface area contributed by atoms with Crippen molar-refractivity contribution in [2.45, 2.75) is 6.92 Å². The van der Waals surface area contributed by atoms with Crippen LogP contribution in [0.1, 0.15) is 6.92 Å². The summed E-state index contributed by atoms with van der Waals surface area (Å²) in [6, 6.07) is 22.9. The third-order valence-corrected chi connectivity index (χ3v) is 4.24. The summed E-state index contributed by atoms with van der Waals surface area (Å²) in [5.41, 5.74) is 4.17. The first-order valence-corrected chi connectivity index (χ1v) is 9.20. The summed E-state index contributed by atoms with van der Waals surface area (Å²) in [5, 5.41) is 8.62. The Balaban J connectivity index is 1.60. The van der Waals surface area contributed by atoms with Crippen LogP contribution >= 0.6 is 0 Å². The summed E-state index contributed by atoms with van der Waals surface area (Å²) in [6.07, 6.45) is 0. The zero-order chi connectivity index (χ0) is 20.6. The maximum Gasteiger partial charge on any atom is 0.243 e. The summed E-state index contributed by atoms with van der Waals surface area (Å²) in [4.78, 5) is 23.6. The standard InChI is InChI=1S/C23H23N3O3/c1-16(27)25-20-12-13-22(29-2)21(14-20)24-15-23(28)26-19-10-8-18(9-11-19)17-6-4-3-5-7-17/h3-14,24H,15H2,1-2H3,(H,25,27)(H,26,28). The van der Waals surface area contributed by atoms with Crippen LogP contribution in [0.15, 0.2) is 72.8 Å². The third kappa shape index (κ3) is 5.59. The SMILES string of the molecule is COc1ccc(NC(C)=O)cc1NCC(=O)Nc1ccc(-c2ccccc2)cc1. The Hall–Kier alpha value is -3.80. The first-order valence-electron chi connectivity index (χ1n) is 9.20. The monoisotopic (exact) mass is 389 g/mol. The molecule has 6 nitrogen and oxygen atoms in total. The van der Waals surface area contributed by atoms with Crippen molar-refractivity contribution in [3.05, 3.63) is 72.8 Å². The molecule has 3 rings (SSSR count). The Kier molecular flexibility index (Phi) is 6.47. The molecule has 0 unspecified atom stereocenters. The van der Waals surface area contributed by atoms with E-state index >= 15 is 0 Å². The van der Waals surface area contributed by atoms with E-state index in [9.17, 15) is 9.59 Å². The van der Waals surface area contributed by atoms with Crippen molar-refractivity contribution in [3.8, 4) is 16.9 Å². The first kappa shape index (κ1) is 19.9. The molecule has 29 heavy (non-hydrogen) atoms. The molecule has 0 spiro atoms. The van der Waals surface area contributed by atoms with Gasteiger partial charge in [0.1, 0.15) is 5.75 Å². The average molecular weight is 389 g/mol. The molecule has 0 heterocycles. The maximum absolute atomic E-state index is 12.3. The summed E-state index contributed by atoms with van der Waals surface area (Å²) < 4.78 is 5.30. The van der Waals surface area contributed by atoms with Crippen LogP contribution in [-0.4, -0.2) is 25.5 Å². The van der Waals surface area contributed by atoms with E-state index in [0.29, 0.717) is 17.1 Å². The largest absolute Gasteiger partial charge is 0.495 e. The molecule has 3 aromatic carbocycles. The fourth-order valence-corrected chi connectivity index (χ4v) is 2.88. The molecule has 0 atom stereocenters. The molecule has 0 saturated heterocycles. The first-order chi connectivity index (χ1) is 14.0. The van der Waals surface area contributed by atoms with Gasteiger partial charge in [-0.1, -0.05) is 42.5 Å². The van der Waals surface area contributed by atoms with E-state index in [-0.39, 0.29) is 18.4 Å². The molecular formula is C23H23N3O3. The summed E-state index contributed by atoms with van der Waals surface area (Å²) in [7, 11) is 1.55. The van der Waals surface area contributed by atoms with Crippen LogP contribution in [0.5, 0.6) is 5.75 Å². The Bertz CT molecular complexity index is 986. The van der Waals surface area contributed by atoms with Crippen molar-refractivity contribution in [3.63, 3.8) is 0 Å². The van der Waals surface area contributed by atoms with Gasteiger partial charge in [-0.2, -0.15) is 0 Å². The molecule has 0 bridgehead atoms. The van der Waals surface area contributed by atoms with Gasteiger partial charge in [-0.3, -0.25) is 9.59 Å². The maximum atomic E-state index is 12.3. The fourth-order valence-electron chi connectivity index (χ4n) is 2.88. The van der Waals surface area contributed by atoms with Crippen molar-refractivity contribution < 1.29 is 14.3 Å². The van der Waals surface area contributed by atoms with Crippen LogP contribution in [0.2, 0.25) is 0 Å². The van der Waals surface area contributed by atoms with E-state index < -0.39 is 0 Å². The number of nitrogens with one attached hydrogen (secondary N) is 3. The molecule has 0 saturated carbocycles. The van der Waals surface area contributed by atoms with Gasteiger partial charge in [0.25, 0.3) is 0 Å². The van der Waals surface area contributed by atoms with E-state index in [1.54, 1.807) is 25.3 Å². The number of methoxy groups -OCH3 is 1. The van der Waals surface area contributed by atoms with Gasteiger partial charge in [-0.15, -0.1) is 0 Å². The van der Waals surface area contributed by atoms with Gasteiger partial charge in [0, 0.05) is 18.3 Å². The van der Waals surface area contributed by atoms with Crippen molar-refractivity contribution in [2.24, 2.45) is 0 Å². The minimum Gasteiger partial charge on any atom is -0.495 e. The zero-order valence-corrected chi connectivity index (χ0v) is 16.4. The Morgan fingerprint density at radius 1 is 0.828 bits per heavy atom. The number of carbonyl (C=O) groups excluding carboxylic acids is 2. The lowest BCUT2D eigenvalue weighted by molar-refractivity contribution is -0.115. The zero-order valence-electron chi connectivity index (χ0n) is 16.4. The molecular weight excluding hydrogens is 366 g/mol. The second-order valence-corrected chi connectivity index (χ2v) is 6.44. The highest BCUT2D eigenvalue weighted by Gasteiger charge is 2.08. The second-order valence-electron chi connectivity index (χ2n) is 6.44. The lowest BCUT2D eigenvalue weighted by Gasteiger charge is -2.13. The number of benzene rings is 3. The third-order valence-electron chi connectivity index (χ3n) is 4.24. The highest BCUT2D eigenvalue weighted by atomic mass is 16.5. The van der Waals surface area contributed by atoms with Gasteiger partial charge in [0.2, 0.25) is 11.8 Å². The lowest BCUT2D eigenvalue weighted by Crippen LogP contribution is -2.22. The highest BCUT2D eigenvalue weighted by molar-refractivity contribution is 5.94. The van der Waals surface area contributed by atoms with Crippen molar-refractivity contribution in [1.29, 1.82) is 0 Å². The quantitative estimate of drug-likeness (QED) is 0.561. The van der Waals surface area contributed by atoms with Crippen LogP contribution in [-0.2, 0) is 9.59 Å². The Morgan fingerprint density at radius 2 is 1.48 bits per heavy atom. The lowest BCUT2D eigenvalue weighted by atomic mass is 10.1. The molecule has 3 aromatic rings. The molecule has 6 heteroatoms. The minimum absolute atomic E-state index is 0.0559. The van der Waals surface area contributed by atoms with Gasteiger partial charge in [0.05, 0.1) is 19.3 Å². The van der Waals surface area contributed by atoms with Crippen molar-refractivity contribution in [2.75, 3.05) is 29.6 Å². The number of hydrogen-bond acceptors (Lipinski definition) is 4. The van der Waals surface area contributed by atoms with Gasteiger partial charge < -0.3 is 20.7 Å². The van der Waals surface area contributed by atoms with Crippen LogP contribution < -0.4 is 20.7 Å². The van der Waals surface area contributed by atoms with Gasteiger partial charge in [-0.05, 0) is 41.5 Å². The topological polar surface area (TPSA) is 79.5 Å². The molecule has 0 radical (unpaired) electrons. The molecule has 0 aliphatic carbocycles. The fraction of sp³-hybridized carbons (Fsp3) is 0.130. The van der Waals surface area contributed by atoms with Crippen LogP contribution in [0.4, 0.5) is 17.1 Å². The second kappa shape index (κ2) is 9.41. The normalized spacial score (nSPS) is 10.1. The van der Waals surface area contributed by atoms with E-state index in [2.05, 4.69) is 16.0 Å². The molecule has 0 aliphatic heterocycles. The molecule has 3 N–H and O–H groups in total. The van der Waals surface area contributed by atoms with E-state index in [4.69, 9.17) is 4.74 Å². The molecule has 2 amide bonds.